The van der Waals surface area contributed by atoms with Crippen molar-refractivity contribution >= 4 is 6.03 Å². The van der Waals surface area contributed by atoms with E-state index in [-0.39, 0.29) is 6.03 Å². The molecule has 7 heteroatoms. The Labute approximate surface area is 156 Å². The quantitative estimate of drug-likeness (QED) is 0.820. The highest BCUT2D eigenvalue weighted by Crippen LogP contribution is 2.14. The van der Waals surface area contributed by atoms with Crippen LogP contribution in [0.2, 0.25) is 0 Å². The molecule has 1 N–H and O–H groups in total. The highest BCUT2D eigenvalue weighted by atomic mass is 16.5. The number of aromatic nitrogens is 1. The number of urea groups is 1. The van der Waals surface area contributed by atoms with Crippen molar-refractivity contribution in [1.82, 2.24) is 25.0 Å². The molecule has 1 aromatic heterocycles. The van der Waals surface area contributed by atoms with Crippen molar-refractivity contribution < 1.29 is 9.53 Å². The van der Waals surface area contributed by atoms with Crippen molar-refractivity contribution in [3.05, 3.63) is 30.1 Å². The zero-order valence-corrected chi connectivity index (χ0v) is 15.8. The number of methoxy groups -OCH3 is 1. The molecule has 0 aliphatic carbocycles. The first-order chi connectivity index (χ1) is 12.7. The van der Waals surface area contributed by atoms with Gasteiger partial charge in [0.25, 0.3) is 0 Å². The lowest BCUT2D eigenvalue weighted by Crippen LogP contribution is -2.55. The summed E-state index contributed by atoms with van der Waals surface area (Å²) in [5.41, 5.74) is 1.30. The predicted octanol–water partition coefficient (Wildman–Crippen LogP) is 1.02. The lowest BCUT2D eigenvalue weighted by molar-refractivity contribution is 0.103. The average molecular weight is 361 g/mol. The highest BCUT2D eigenvalue weighted by Gasteiger charge is 2.25. The van der Waals surface area contributed by atoms with Gasteiger partial charge in [-0.25, -0.2) is 4.79 Å². The van der Waals surface area contributed by atoms with E-state index in [0.29, 0.717) is 6.04 Å². The van der Waals surface area contributed by atoms with Crippen LogP contribution in [-0.4, -0.2) is 91.3 Å². The number of carbonyl (C=O) groups is 1. The molecule has 2 aliphatic heterocycles. The van der Waals surface area contributed by atoms with Gasteiger partial charge in [-0.2, -0.15) is 0 Å². The number of nitrogens with one attached hydrogen (secondary N) is 1. The van der Waals surface area contributed by atoms with Gasteiger partial charge in [-0.15, -0.1) is 0 Å². The van der Waals surface area contributed by atoms with Gasteiger partial charge in [0.2, 0.25) is 0 Å². The van der Waals surface area contributed by atoms with E-state index in [4.69, 9.17) is 4.74 Å². The number of hydrogen-bond acceptors (Lipinski definition) is 5. The second-order valence-corrected chi connectivity index (χ2v) is 7.18. The van der Waals surface area contributed by atoms with Crippen molar-refractivity contribution in [1.29, 1.82) is 0 Å². The SMILES string of the molecule is COCCN1CCN(C(=O)NC2CCN(Cc3ccncc3)CC2)CC1. The van der Waals surface area contributed by atoms with Gasteiger partial charge in [0.15, 0.2) is 0 Å². The van der Waals surface area contributed by atoms with E-state index in [0.717, 1.165) is 71.8 Å². The maximum Gasteiger partial charge on any atom is 0.317 e. The van der Waals surface area contributed by atoms with Gasteiger partial charge in [-0.05, 0) is 30.5 Å². The molecule has 3 rings (SSSR count). The van der Waals surface area contributed by atoms with E-state index in [1.54, 1.807) is 7.11 Å². The molecule has 2 aliphatic rings. The van der Waals surface area contributed by atoms with Crippen LogP contribution in [0.4, 0.5) is 4.79 Å². The maximum atomic E-state index is 12.5. The molecule has 26 heavy (non-hydrogen) atoms. The molecule has 0 aromatic carbocycles. The Balaban J connectivity index is 1.35. The molecule has 0 unspecified atom stereocenters. The number of likely N-dealkylation sites (tertiary alicyclic amines) is 1. The van der Waals surface area contributed by atoms with Crippen LogP contribution in [0.25, 0.3) is 0 Å². The van der Waals surface area contributed by atoms with Gasteiger partial charge >= 0.3 is 6.03 Å². The Morgan fingerprint density at radius 3 is 2.46 bits per heavy atom. The Bertz CT molecular complexity index is 540. The molecule has 0 spiro atoms. The van der Waals surface area contributed by atoms with Crippen LogP contribution in [0.3, 0.4) is 0 Å². The number of piperazine rings is 1. The molecule has 0 saturated carbocycles. The molecule has 0 radical (unpaired) electrons. The topological polar surface area (TPSA) is 60.9 Å². The van der Waals surface area contributed by atoms with E-state index in [9.17, 15) is 4.79 Å². The van der Waals surface area contributed by atoms with Crippen LogP contribution in [0.5, 0.6) is 0 Å². The summed E-state index contributed by atoms with van der Waals surface area (Å²) in [5, 5.41) is 3.24. The number of rotatable bonds is 6. The molecule has 0 bridgehead atoms. The van der Waals surface area contributed by atoms with Gasteiger partial charge in [0, 0.05) is 77.9 Å². The third kappa shape index (κ3) is 5.65. The summed E-state index contributed by atoms with van der Waals surface area (Å²) in [6, 6.07) is 4.53. The zero-order valence-electron chi connectivity index (χ0n) is 15.8. The lowest BCUT2D eigenvalue weighted by Gasteiger charge is -2.37. The Hall–Kier alpha value is -1.70. The van der Waals surface area contributed by atoms with Gasteiger partial charge in [-0.1, -0.05) is 0 Å². The van der Waals surface area contributed by atoms with Crippen molar-refractivity contribution in [2.75, 3.05) is 59.5 Å². The third-order valence-corrected chi connectivity index (χ3v) is 5.34. The number of carbonyl (C=O) groups excluding carboxylic acids is 1. The van der Waals surface area contributed by atoms with Gasteiger partial charge < -0.3 is 15.0 Å². The average Bonchev–Trinajstić information content (AvgIpc) is 2.69. The fourth-order valence-corrected chi connectivity index (χ4v) is 3.64. The first-order valence-corrected chi connectivity index (χ1v) is 9.62. The summed E-state index contributed by atoms with van der Waals surface area (Å²) in [4.78, 5) is 23.3. The minimum Gasteiger partial charge on any atom is -0.383 e. The van der Waals surface area contributed by atoms with Gasteiger partial charge in [-0.3, -0.25) is 14.8 Å². The smallest absolute Gasteiger partial charge is 0.317 e. The summed E-state index contributed by atoms with van der Waals surface area (Å²) in [6.45, 7) is 8.18. The first-order valence-electron chi connectivity index (χ1n) is 9.62. The molecule has 2 amide bonds. The normalized spacial score (nSPS) is 20.3. The summed E-state index contributed by atoms with van der Waals surface area (Å²) in [5.74, 6) is 0. The fourth-order valence-electron chi connectivity index (χ4n) is 3.64. The lowest BCUT2D eigenvalue weighted by atomic mass is 10.0. The molecule has 3 heterocycles. The van der Waals surface area contributed by atoms with Crippen molar-refractivity contribution in [3.8, 4) is 0 Å². The van der Waals surface area contributed by atoms with Crippen LogP contribution in [-0.2, 0) is 11.3 Å². The summed E-state index contributed by atoms with van der Waals surface area (Å²) in [6.07, 6.45) is 5.73. The first kappa shape index (κ1) is 19.1. The molecular weight excluding hydrogens is 330 g/mol. The zero-order chi connectivity index (χ0) is 18.2. The molecule has 0 atom stereocenters. The largest absolute Gasteiger partial charge is 0.383 e. The molecular formula is C19H31N5O2. The van der Waals surface area contributed by atoms with Gasteiger partial charge in [0.1, 0.15) is 0 Å². The number of pyridine rings is 1. The summed E-state index contributed by atoms with van der Waals surface area (Å²) < 4.78 is 5.12. The maximum absolute atomic E-state index is 12.5. The van der Waals surface area contributed by atoms with E-state index in [1.165, 1.54) is 5.56 Å². The Kier molecular flexibility index (Phi) is 7.22. The summed E-state index contributed by atoms with van der Waals surface area (Å²) >= 11 is 0. The van der Waals surface area contributed by atoms with E-state index in [2.05, 4.69) is 32.2 Å². The molecule has 2 fully saturated rings. The van der Waals surface area contributed by atoms with E-state index < -0.39 is 0 Å². The van der Waals surface area contributed by atoms with E-state index >= 15 is 0 Å². The second-order valence-electron chi connectivity index (χ2n) is 7.18. The Morgan fingerprint density at radius 1 is 1.12 bits per heavy atom. The van der Waals surface area contributed by atoms with E-state index in [1.807, 2.05) is 17.3 Å². The summed E-state index contributed by atoms with van der Waals surface area (Å²) in [7, 11) is 1.73. The minimum absolute atomic E-state index is 0.101. The van der Waals surface area contributed by atoms with Gasteiger partial charge in [0.05, 0.1) is 6.61 Å². The fraction of sp³-hybridized carbons (Fsp3) is 0.684. The molecule has 1 aromatic rings. The van der Waals surface area contributed by atoms with Crippen LogP contribution >= 0.6 is 0 Å². The predicted molar refractivity (Wildman–Crippen MR) is 101 cm³/mol. The number of ether oxygens (including phenoxy) is 1. The van der Waals surface area contributed by atoms with Crippen molar-refractivity contribution in [2.24, 2.45) is 0 Å². The third-order valence-electron chi connectivity index (χ3n) is 5.34. The molecule has 2 saturated heterocycles. The Morgan fingerprint density at radius 2 is 1.81 bits per heavy atom. The van der Waals surface area contributed by atoms with Crippen LogP contribution in [0, 0.1) is 0 Å². The monoisotopic (exact) mass is 361 g/mol. The number of piperidine rings is 1. The minimum atomic E-state index is 0.101. The van der Waals surface area contributed by atoms with Crippen molar-refractivity contribution in [2.45, 2.75) is 25.4 Å². The number of hydrogen-bond donors (Lipinski definition) is 1. The van der Waals surface area contributed by atoms with Crippen LogP contribution < -0.4 is 5.32 Å². The second kappa shape index (κ2) is 9.85. The standard InChI is InChI=1S/C19H31N5O2/c1-26-15-14-22-10-12-24(13-11-22)19(25)21-18-4-8-23(9-5-18)16-17-2-6-20-7-3-17/h2-3,6-7,18H,4-5,8-16H2,1H3,(H,21,25). The number of amides is 2. The van der Waals surface area contributed by atoms with Crippen LogP contribution in [0.15, 0.2) is 24.5 Å². The molecule has 144 valence electrons. The number of nitrogens with zero attached hydrogens (tertiary/aromatic N) is 4. The van der Waals surface area contributed by atoms with Crippen molar-refractivity contribution in [3.63, 3.8) is 0 Å². The molecule has 7 nitrogen and oxygen atoms in total. The highest BCUT2D eigenvalue weighted by molar-refractivity contribution is 5.74. The van der Waals surface area contributed by atoms with Crippen LogP contribution in [0.1, 0.15) is 18.4 Å².